The van der Waals surface area contributed by atoms with Crippen LogP contribution in [0.3, 0.4) is 0 Å². The zero-order valence-corrected chi connectivity index (χ0v) is 15.2. The maximum absolute atomic E-state index is 12.1. The van der Waals surface area contributed by atoms with E-state index in [2.05, 4.69) is 5.32 Å². The highest BCUT2D eigenvalue weighted by Crippen LogP contribution is 2.17. The number of rotatable bonds is 6. The highest BCUT2D eigenvalue weighted by molar-refractivity contribution is 5.91. The molecular formula is C23H27NO2. The van der Waals surface area contributed by atoms with E-state index in [1.54, 1.807) is 6.08 Å². The van der Waals surface area contributed by atoms with Gasteiger partial charge in [-0.05, 0) is 42.2 Å². The third-order valence-corrected chi connectivity index (χ3v) is 4.76. The average Bonchev–Trinajstić information content (AvgIpc) is 2.95. The first kappa shape index (κ1) is 18.2. The zero-order valence-electron chi connectivity index (χ0n) is 15.2. The number of nitrogens with one attached hydrogen (secondary N) is 1. The second-order valence-corrected chi connectivity index (χ2v) is 6.87. The van der Waals surface area contributed by atoms with Crippen molar-refractivity contribution >= 4 is 12.0 Å². The van der Waals surface area contributed by atoms with Crippen LogP contribution in [0.5, 0.6) is 5.75 Å². The van der Waals surface area contributed by atoms with Gasteiger partial charge in [0.05, 0.1) is 0 Å². The molecule has 0 radical (unpaired) electrons. The van der Waals surface area contributed by atoms with E-state index in [0.29, 0.717) is 12.6 Å². The van der Waals surface area contributed by atoms with Gasteiger partial charge in [0.25, 0.3) is 0 Å². The first-order valence-corrected chi connectivity index (χ1v) is 9.55. The molecule has 1 fully saturated rings. The van der Waals surface area contributed by atoms with Crippen LogP contribution in [0.25, 0.3) is 6.08 Å². The molecule has 0 aromatic heterocycles. The maximum atomic E-state index is 12.1. The Bertz CT molecular complexity index is 699. The van der Waals surface area contributed by atoms with Crippen LogP contribution in [-0.4, -0.2) is 11.9 Å². The molecule has 2 aromatic rings. The number of carbonyl (C=O) groups excluding carboxylic acids is 1. The highest BCUT2D eigenvalue weighted by atomic mass is 16.5. The van der Waals surface area contributed by atoms with Gasteiger partial charge in [-0.25, -0.2) is 0 Å². The molecule has 3 rings (SSSR count). The molecule has 3 heteroatoms. The molecule has 136 valence electrons. The van der Waals surface area contributed by atoms with Gasteiger partial charge in [-0.1, -0.05) is 68.1 Å². The minimum Gasteiger partial charge on any atom is -0.489 e. The van der Waals surface area contributed by atoms with E-state index in [1.807, 2.05) is 60.7 Å². The van der Waals surface area contributed by atoms with Crippen molar-refractivity contribution in [2.45, 2.75) is 51.2 Å². The summed E-state index contributed by atoms with van der Waals surface area (Å²) >= 11 is 0. The molecule has 1 aliphatic carbocycles. The fraction of sp³-hybridized carbons (Fsp3) is 0.348. The van der Waals surface area contributed by atoms with E-state index in [9.17, 15) is 4.79 Å². The van der Waals surface area contributed by atoms with Crippen molar-refractivity contribution in [2.24, 2.45) is 0 Å². The van der Waals surface area contributed by atoms with Crippen molar-refractivity contribution in [1.29, 1.82) is 0 Å². The molecule has 2 aromatic carbocycles. The third-order valence-electron chi connectivity index (χ3n) is 4.76. The average molecular weight is 349 g/mol. The fourth-order valence-electron chi connectivity index (χ4n) is 3.26. The quantitative estimate of drug-likeness (QED) is 0.581. The summed E-state index contributed by atoms with van der Waals surface area (Å²) in [5.74, 6) is 0.829. The second kappa shape index (κ2) is 9.81. The summed E-state index contributed by atoms with van der Waals surface area (Å²) in [5.41, 5.74) is 2.14. The van der Waals surface area contributed by atoms with Crippen molar-refractivity contribution in [2.75, 3.05) is 0 Å². The summed E-state index contributed by atoms with van der Waals surface area (Å²) < 4.78 is 5.78. The van der Waals surface area contributed by atoms with Gasteiger partial charge in [-0.15, -0.1) is 0 Å². The number of hydrogen-bond donors (Lipinski definition) is 1. The SMILES string of the molecule is O=C(/C=C/c1ccc(OCc2ccccc2)cc1)NC1CCCCCC1. The molecule has 1 saturated carbocycles. The molecule has 0 aliphatic heterocycles. The number of hydrogen-bond acceptors (Lipinski definition) is 2. The summed E-state index contributed by atoms with van der Waals surface area (Å²) in [6.07, 6.45) is 10.7. The van der Waals surface area contributed by atoms with E-state index in [4.69, 9.17) is 4.74 Å². The van der Waals surface area contributed by atoms with Gasteiger partial charge in [-0.3, -0.25) is 4.79 Å². The molecule has 3 nitrogen and oxygen atoms in total. The summed E-state index contributed by atoms with van der Waals surface area (Å²) in [7, 11) is 0. The van der Waals surface area contributed by atoms with Crippen LogP contribution >= 0.6 is 0 Å². The number of carbonyl (C=O) groups is 1. The molecule has 0 unspecified atom stereocenters. The van der Waals surface area contributed by atoms with E-state index in [1.165, 1.54) is 25.7 Å². The third kappa shape index (κ3) is 6.07. The van der Waals surface area contributed by atoms with Gasteiger partial charge in [-0.2, -0.15) is 0 Å². The van der Waals surface area contributed by atoms with Crippen LogP contribution in [0.4, 0.5) is 0 Å². The lowest BCUT2D eigenvalue weighted by atomic mass is 10.1. The number of benzene rings is 2. The van der Waals surface area contributed by atoms with Crippen LogP contribution in [0.15, 0.2) is 60.7 Å². The molecule has 1 aliphatic rings. The summed E-state index contributed by atoms with van der Waals surface area (Å²) in [6.45, 7) is 0.555. The Labute approximate surface area is 156 Å². The Kier molecular flexibility index (Phi) is 6.88. The number of amides is 1. The van der Waals surface area contributed by atoms with Crippen molar-refractivity contribution in [3.05, 3.63) is 71.8 Å². The summed E-state index contributed by atoms with van der Waals surface area (Å²) in [4.78, 5) is 12.1. The first-order chi connectivity index (χ1) is 12.8. The zero-order chi connectivity index (χ0) is 18.0. The highest BCUT2D eigenvalue weighted by Gasteiger charge is 2.13. The van der Waals surface area contributed by atoms with Gasteiger partial charge in [0, 0.05) is 12.1 Å². The van der Waals surface area contributed by atoms with E-state index in [0.717, 1.165) is 29.7 Å². The lowest BCUT2D eigenvalue weighted by molar-refractivity contribution is -0.117. The van der Waals surface area contributed by atoms with Crippen LogP contribution < -0.4 is 10.1 Å². The van der Waals surface area contributed by atoms with Crippen molar-refractivity contribution < 1.29 is 9.53 Å². The minimum atomic E-state index is 0.00121. The Balaban J connectivity index is 1.47. The number of ether oxygens (including phenoxy) is 1. The predicted molar refractivity (Wildman–Crippen MR) is 106 cm³/mol. The fourth-order valence-corrected chi connectivity index (χ4v) is 3.26. The van der Waals surface area contributed by atoms with E-state index < -0.39 is 0 Å². The standard InChI is InChI=1S/C23H27NO2/c25-23(24-21-10-6-1-2-7-11-21)17-14-19-12-15-22(16-13-19)26-18-20-8-4-3-5-9-20/h3-5,8-9,12-17,21H,1-2,6-7,10-11,18H2,(H,24,25)/b17-14+. The topological polar surface area (TPSA) is 38.3 Å². The van der Waals surface area contributed by atoms with Crippen LogP contribution in [-0.2, 0) is 11.4 Å². The predicted octanol–water partition coefficient (Wildman–Crippen LogP) is 5.12. The molecule has 26 heavy (non-hydrogen) atoms. The molecule has 0 saturated heterocycles. The molecule has 0 heterocycles. The van der Waals surface area contributed by atoms with Crippen molar-refractivity contribution in [3.8, 4) is 5.75 Å². The summed E-state index contributed by atoms with van der Waals surface area (Å²) in [5, 5.41) is 3.13. The van der Waals surface area contributed by atoms with E-state index >= 15 is 0 Å². The van der Waals surface area contributed by atoms with Gasteiger partial charge in [0.1, 0.15) is 12.4 Å². The van der Waals surface area contributed by atoms with Crippen molar-refractivity contribution in [3.63, 3.8) is 0 Å². The van der Waals surface area contributed by atoms with Gasteiger partial charge >= 0.3 is 0 Å². The Morgan fingerprint density at radius 1 is 0.962 bits per heavy atom. The van der Waals surface area contributed by atoms with Gasteiger partial charge < -0.3 is 10.1 Å². The smallest absolute Gasteiger partial charge is 0.244 e. The molecule has 0 atom stereocenters. The van der Waals surface area contributed by atoms with Gasteiger partial charge in [0.2, 0.25) is 5.91 Å². The Morgan fingerprint density at radius 2 is 1.65 bits per heavy atom. The van der Waals surface area contributed by atoms with E-state index in [-0.39, 0.29) is 5.91 Å². The minimum absolute atomic E-state index is 0.00121. The molecule has 1 amide bonds. The lowest BCUT2D eigenvalue weighted by Crippen LogP contribution is -2.33. The van der Waals surface area contributed by atoms with Gasteiger partial charge in [0.15, 0.2) is 0 Å². The molecule has 1 N–H and O–H groups in total. The van der Waals surface area contributed by atoms with Crippen molar-refractivity contribution in [1.82, 2.24) is 5.32 Å². The van der Waals surface area contributed by atoms with Crippen LogP contribution in [0.1, 0.15) is 49.7 Å². The largest absolute Gasteiger partial charge is 0.489 e. The second-order valence-electron chi connectivity index (χ2n) is 6.87. The first-order valence-electron chi connectivity index (χ1n) is 9.55. The lowest BCUT2D eigenvalue weighted by Gasteiger charge is -2.14. The van der Waals surface area contributed by atoms with Crippen LogP contribution in [0.2, 0.25) is 0 Å². The monoisotopic (exact) mass is 349 g/mol. The molecular weight excluding hydrogens is 322 g/mol. The summed E-state index contributed by atoms with van der Waals surface area (Å²) in [6, 6.07) is 18.2. The van der Waals surface area contributed by atoms with Crippen LogP contribution in [0, 0.1) is 0 Å². The maximum Gasteiger partial charge on any atom is 0.244 e. The molecule has 0 spiro atoms. The molecule has 0 bridgehead atoms. The Hall–Kier alpha value is -2.55. The Morgan fingerprint density at radius 3 is 2.35 bits per heavy atom. The normalized spacial score (nSPS) is 15.5.